The fraction of sp³-hybridized carbons (Fsp3) is 0.176. The highest BCUT2D eigenvalue weighted by molar-refractivity contribution is 9.10. The summed E-state index contributed by atoms with van der Waals surface area (Å²) in [5.74, 6) is -1.70. The topological polar surface area (TPSA) is 55.4 Å². The fourth-order valence-corrected chi connectivity index (χ4v) is 2.83. The van der Waals surface area contributed by atoms with Gasteiger partial charge >= 0.3 is 5.97 Å². The molecule has 0 aliphatic carbocycles. The molecule has 4 nitrogen and oxygen atoms in total. The minimum atomic E-state index is -0.732. The van der Waals surface area contributed by atoms with Gasteiger partial charge in [0.05, 0.1) is 21.7 Å². The van der Waals surface area contributed by atoms with Crippen LogP contribution in [-0.4, -0.2) is 18.5 Å². The molecule has 0 saturated carbocycles. The summed E-state index contributed by atoms with van der Waals surface area (Å²) in [6.45, 7) is 1.30. The summed E-state index contributed by atoms with van der Waals surface area (Å²) >= 11 is 14.9. The lowest BCUT2D eigenvalue weighted by atomic mass is 10.1. The van der Waals surface area contributed by atoms with E-state index < -0.39 is 24.3 Å². The fourth-order valence-electron chi connectivity index (χ4n) is 2.01. The predicted molar refractivity (Wildman–Crippen MR) is 97.4 cm³/mol. The van der Waals surface area contributed by atoms with E-state index in [1.54, 1.807) is 25.1 Å². The first-order valence-electron chi connectivity index (χ1n) is 7.14. The van der Waals surface area contributed by atoms with Gasteiger partial charge in [0.1, 0.15) is 5.82 Å². The Kier molecular flexibility index (Phi) is 6.81. The zero-order chi connectivity index (χ0) is 18.6. The molecule has 8 heteroatoms. The van der Waals surface area contributed by atoms with Crippen molar-refractivity contribution in [1.82, 2.24) is 5.32 Å². The average molecular weight is 449 g/mol. The molecule has 1 amide bonds. The Morgan fingerprint density at radius 2 is 1.92 bits per heavy atom. The van der Waals surface area contributed by atoms with Crippen LogP contribution in [0.2, 0.25) is 10.0 Å². The number of carbonyl (C=O) groups is 2. The minimum absolute atomic E-state index is 0.131. The van der Waals surface area contributed by atoms with Crippen molar-refractivity contribution in [2.75, 3.05) is 6.61 Å². The molecular formula is C17H13BrCl2FNO3. The molecule has 1 N–H and O–H groups in total. The number of nitrogens with one attached hydrogen (secondary N) is 1. The Hall–Kier alpha value is -1.63. The van der Waals surface area contributed by atoms with E-state index in [4.69, 9.17) is 27.9 Å². The normalized spacial score (nSPS) is 11.7. The average Bonchev–Trinajstić information content (AvgIpc) is 2.55. The molecule has 2 aromatic carbocycles. The lowest BCUT2D eigenvalue weighted by Gasteiger charge is -2.15. The van der Waals surface area contributed by atoms with Gasteiger partial charge in [-0.25, -0.2) is 9.18 Å². The maximum Gasteiger partial charge on any atom is 0.339 e. The molecule has 0 saturated heterocycles. The number of halogens is 4. The van der Waals surface area contributed by atoms with Crippen molar-refractivity contribution in [3.63, 3.8) is 0 Å². The van der Waals surface area contributed by atoms with Gasteiger partial charge in [-0.2, -0.15) is 0 Å². The minimum Gasteiger partial charge on any atom is -0.452 e. The number of ether oxygens (including phenoxy) is 1. The highest BCUT2D eigenvalue weighted by Crippen LogP contribution is 2.25. The number of hydrogen-bond acceptors (Lipinski definition) is 3. The van der Waals surface area contributed by atoms with Gasteiger partial charge in [0.15, 0.2) is 6.61 Å². The molecule has 0 aromatic heterocycles. The molecule has 132 valence electrons. The van der Waals surface area contributed by atoms with Gasteiger partial charge < -0.3 is 10.1 Å². The number of carbonyl (C=O) groups excluding carboxylic acids is 2. The first-order chi connectivity index (χ1) is 11.8. The molecule has 0 aliphatic rings. The van der Waals surface area contributed by atoms with Crippen molar-refractivity contribution >= 4 is 51.0 Å². The van der Waals surface area contributed by atoms with E-state index in [0.717, 1.165) is 17.7 Å². The number of rotatable bonds is 5. The highest BCUT2D eigenvalue weighted by Gasteiger charge is 2.16. The SMILES string of the molecule is CC(NC(=O)COC(=O)c1ccc(F)cc1Br)c1ccc(Cl)c(Cl)c1. The van der Waals surface area contributed by atoms with Gasteiger partial charge in [0, 0.05) is 4.47 Å². The third kappa shape index (κ3) is 5.42. The Bertz CT molecular complexity index is 816. The third-order valence-corrected chi connectivity index (χ3v) is 4.70. The standard InChI is InChI=1S/C17H13BrCl2FNO3/c1-9(10-2-5-14(19)15(20)6-10)22-16(23)8-25-17(24)12-4-3-11(21)7-13(12)18/h2-7,9H,8H2,1H3,(H,22,23). The van der Waals surface area contributed by atoms with E-state index in [1.165, 1.54) is 6.07 Å². The van der Waals surface area contributed by atoms with E-state index in [-0.39, 0.29) is 16.1 Å². The predicted octanol–water partition coefficient (Wildman–Crippen LogP) is 4.93. The van der Waals surface area contributed by atoms with Gasteiger partial charge in [0.2, 0.25) is 0 Å². The van der Waals surface area contributed by atoms with E-state index >= 15 is 0 Å². The quantitative estimate of drug-likeness (QED) is 0.659. The molecule has 2 aromatic rings. The Morgan fingerprint density at radius 1 is 1.20 bits per heavy atom. The van der Waals surface area contributed by atoms with Gasteiger partial charge in [-0.3, -0.25) is 4.79 Å². The molecule has 25 heavy (non-hydrogen) atoms. The number of benzene rings is 2. The lowest BCUT2D eigenvalue weighted by Crippen LogP contribution is -2.31. The van der Waals surface area contributed by atoms with Crippen LogP contribution in [0.15, 0.2) is 40.9 Å². The molecule has 0 aliphatic heterocycles. The Balaban J connectivity index is 1.91. The first-order valence-corrected chi connectivity index (χ1v) is 8.69. The summed E-state index contributed by atoms with van der Waals surface area (Å²) in [5, 5.41) is 3.49. The van der Waals surface area contributed by atoms with E-state index in [2.05, 4.69) is 21.2 Å². The van der Waals surface area contributed by atoms with Gasteiger partial charge in [0.25, 0.3) is 5.91 Å². The first kappa shape index (κ1) is 19.7. The highest BCUT2D eigenvalue weighted by atomic mass is 79.9. The van der Waals surface area contributed by atoms with Crippen LogP contribution < -0.4 is 5.32 Å². The van der Waals surface area contributed by atoms with Crippen LogP contribution in [0.4, 0.5) is 4.39 Å². The number of esters is 1. The van der Waals surface area contributed by atoms with Crippen molar-refractivity contribution in [1.29, 1.82) is 0 Å². The second-order valence-electron chi connectivity index (χ2n) is 5.16. The van der Waals surface area contributed by atoms with Crippen LogP contribution in [-0.2, 0) is 9.53 Å². The van der Waals surface area contributed by atoms with E-state index in [9.17, 15) is 14.0 Å². The summed E-state index contributed by atoms with van der Waals surface area (Å²) in [5.41, 5.74) is 0.891. The van der Waals surface area contributed by atoms with Crippen molar-refractivity contribution < 1.29 is 18.7 Å². The summed E-state index contributed by atoms with van der Waals surface area (Å²) in [7, 11) is 0. The van der Waals surface area contributed by atoms with Crippen LogP contribution in [0, 0.1) is 5.82 Å². The van der Waals surface area contributed by atoms with Crippen LogP contribution in [0.1, 0.15) is 28.9 Å². The van der Waals surface area contributed by atoms with Crippen LogP contribution in [0.25, 0.3) is 0 Å². The van der Waals surface area contributed by atoms with E-state index in [1.807, 2.05) is 0 Å². The maximum atomic E-state index is 13.0. The molecule has 0 fully saturated rings. The molecule has 0 radical (unpaired) electrons. The Morgan fingerprint density at radius 3 is 2.56 bits per heavy atom. The largest absolute Gasteiger partial charge is 0.452 e. The molecule has 0 heterocycles. The second-order valence-corrected chi connectivity index (χ2v) is 6.83. The zero-order valence-electron chi connectivity index (χ0n) is 13.0. The van der Waals surface area contributed by atoms with Gasteiger partial charge in [-0.15, -0.1) is 0 Å². The number of hydrogen-bond donors (Lipinski definition) is 1. The molecule has 1 unspecified atom stereocenters. The van der Waals surface area contributed by atoms with Crippen molar-refractivity contribution in [3.8, 4) is 0 Å². The lowest BCUT2D eigenvalue weighted by molar-refractivity contribution is -0.124. The zero-order valence-corrected chi connectivity index (χ0v) is 16.1. The van der Waals surface area contributed by atoms with Gasteiger partial charge in [-0.1, -0.05) is 29.3 Å². The van der Waals surface area contributed by atoms with Crippen molar-refractivity contribution in [2.24, 2.45) is 0 Å². The van der Waals surface area contributed by atoms with Crippen molar-refractivity contribution in [3.05, 3.63) is 67.9 Å². The van der Waals surface area contributed by atoms with Crippen molar-refractivity contribution in [2.45, 2.75) is 13.0 Å². The monoisotopic (exact) mass is 447 g/mol. The molecule has 0 spiro atoms. The maximum absolute atomic E-state index is 13.0. The van der Waals surface area contributed by atoms with Crippen LogP contribution in [0.5, 0.6) is 0 Å². The number of amides is 1. The van der Waals surface area contributed by atoms with E-state index in [0.29, 0.717) is 10.0 Å². The summed E-state index contributed by atoms with van der Waals surface area (Å²) in [6, 6.07) is 8.22. The third-order valence-electron chi connectivity index (χ3n) is 3.31. The smallest absolute Gasteiger partial charge is 0.339 e. The second kappa shape index (κ2) is 8.65. The molecule has 1 atom stereocenters. The van der Waals surface area contributed by atoms with Crippen LogP contribution >= 0.6 is 39.1 Å². The summed E-state index contributed by atoms with van der Waals surface area (Å²) in [4.78, 5) is 23.9. The van der Waals surface area contributed by atoms with Crippen LogP contribution in [0.3, 0.4) is 0 Å². The van der Waals surface area contributed by atoms with Gasteiger partial charge in [-0.05, 0) is 58.7 Å². The molecule has 0 bridgehead atoms. The molecule has 2 rings (SSSR count). The molecular weight excluding hydrogens is 436 g/mol. The summed E-state index contributed by atoms with van der Waals surface area (Å²) in [6.07, 6.45) is 0. The summed E-state index contributed by atoms with van der Waals surface area (Å²) < 4.78 is 18.2. The Labute approximate surface area is 162 Å².